The van der Waals surface area contributed by atoms with Gasteiger partial charge in [0.15, 0.2) is 0 Å². The Morgan fingerprint density at radius 2 is 1.62 bits per heavy atom. The molecule has 0 aliphatic heterocycles. The van der Waals surface area contributed by atoms with Gasteiger partial charge in [0.25, 0.3) is 5.56 Å². The summed E-state index contributed by atoms with van der Waals surface area (Å²) in [6.07, 6.45) is 12.9. The highest BCUT2D eigenvalue weighted by atomic mass is 16.5. The van der Waals surface area contributed by atoms with Gasteiger partial charge in [-0.2, -0.15) is 5.16 Å². The summed E-state index contributed by atoms with van der Waals surface area (Å²) in [6, 6.07) is 0.524. The van der Waals surface area contributed by atoms with Crippen molar-refractivity contribution in [2.45, 2.75) is 95.9 Å². The fourth-order valence-corrected chi connectivity index (χ4v) is 3.20. The van der Waals surface area contributed by atoms with E-state index in [1.165, 1.54) is 31.7 Å². The maximum Gasteiger partial charge on any atom is 0.326 e. The number of aromatic nitrogens is 1. The zero-order chi connectivity index (χ0) is 21.3. The minimum Gasteiger partial charge on any atom is -0.480 e. The van der Waals surface area contributed by atoms with E-state index in [2.05, 4.69) is 10.5 Å². The Balaban J connectivity index is 1.89. The second-order valence-electron chi connectivity index (χ2n) is 7.42. The third-order valence-corrected chi connectivity index (χ3v) is 4.86. The van der Waals surface area contributed by atoms with Gasteiger partial charge in [-0.05, 0) is 19.3 Å². The molecule has 29 heavy (non-hydrogen) atoms. The molecule has 0 aromatic carbocycles. The van der Waals surface area contributed by atoms with Gasteiger partial charge >= 0.3 is 5.97 Å². The van der Waals surface area contributed by atoms with Crippen LogP contribution in [0.3, 0.4) is 0 Å². The number of nitrogens with one attached hydrogen (secondary N) is 2. The van der Waals surface area contributed by atoms with Crippen molar-refractivity contribution >= 4 is 18.2 Å². The van der Waals surface area contributed by atoms with Gasteiger partial charge < -0.3 is 19.7 Å². The SMILES string of the molecule is O=CCCC(NC(=O)CCCCCCCCCCCCc1cc(=O)[nH]o1)C(=O)O. The lowest BCUT2D eigenvalue weighted by atomic mass is 10.0. The Morgan fingerprint density at radius 3 is 2.14 bits per heavy atom. The van der Waals surface area contributed by atoms with Crippen LogP contribution in [0.4, 0.5) is 0 Å². The topological polar surface area (TPSA) is 129 Å². The summed E-state index contributed by atoms with van der Waals surface area (Å²) < 4.78 is 5.01. The van der Waals surface area contributed by atoms with Gasteiger partial charge in [-0.25, -0.2) is 4.79 Å². The molecule has 0 saturated heterocycles. The molecule has 1 amide bonds. The van der Waals surface area contributed by atoms with Gasteiger partial charge in [-0.15, -0.1) is 0 Å². The fraction of sp³-hybridized carbons (Fsp3) is 0.714. The van der Waals surface area contributed by atoms with Gasteiger partial charge in [0.05, 0.1) is 0 Å². The molecule has 1 aromatic rings. The number of aldehydes is 1. The first kappa shape index (κ1) is 24.7. The zero-order valence-electron chi connectivity index (χ0n) is 17.1. The summed E-state index contributed by atoms with van der Waals surface area (Å²) in [6.45, 7) is 0. The second kappa shape index (κ2) is 15.5. The minimum absolute atomic E-state index is 0.127. The fourth-order valence-electron chi connectivity index (χ4n) is 3.20. The average Bonchev–Trinajstić information content (AvgIpc) is 3.10. The van der Waals surface area contributed by atoms with Crippen molar-refractivity contribution in [3.8, 4) is 0 Å². The first-order chi connectivity index (χ1) is 14.0. The van der Waals surface area contributed by atoms with Crippen LogP contribution in [-0.2, 0) is 20.8 Å². The average molecular weight is 411 g/mol. The highest BCUT2D eigenvalue weighted by Crippen LogP contribution is 2.12. The van der Waals surface area contributed by atoms with Crippen LogP contribution in [0.15, 0.2) is 15.4 Å². The van der Waals surface area contributed by atoms with Crippen LogP contribution >= 0.6 is 0 Å². The number of unbranched alkanes of at least 4 members (excludes halogenated alkanes) is 9. The van der Waals surface area contributed by atoms with E-state index in [0.717, 1.165) is 50.7 Å². The summed E-state index contributed by atoms with van der Waals surface area (Å²) in [5.74, 6) is -0.637. The lowest BCUT2D eigenvalue weighted by molar-refractivity contribution is -0.142. The van der Waals surface area contributed by atoms with Crippen molar-refractivity contribution in [1.29, 1.82) is 0 Å². The molecule has 0 aliphatic rings. The van der Waals surface area contributed by atoms with Gasteiger partial charge in [-0.3, -0.25) is 9.59 Å². The largest absolute Gasteiger partial charge is 0.480 e. The molecule has 0 radical (unpaired) electrons. The van der Waals surface area contributed by atoms with Crippen LogP contribution in [0.1, 0.15) is 89.2 Å². The number of H-pyrrole nitrogens is 1. The molecule has 8 heteroatoms. The highest BCUT2D eigenvalue weighted by molar-refractivity contribution is 5.83. The normalized spacial score (nSPS) is 11.9. The lowest BCUT2D eigenvalue weighted by Gasteiger charge is -2.13. The van der Waals surface area contributed by atoms with E-state index >= 15 is 0 Å². The molecule has 1 unspecified atom stereocenters. The molecule has 1 heterocycles. The lowest BCUT2D eigenvalue weighted by Crippen LogP contribution is -2.40. The number of carbonyl (C=O) groups is 3. The number of rotatable bonds is 18. The van der Waals surface area contributed by atoms with E-state index < -0.39 is 12.0 Å². The van der Waals surface area contributed by atoms with Crippen LogP contribution in [0.25, 0.3) is 0 Å². The molecule has 0 aliphatic carbocycles. The number of hydrogen-bond donors (Lipinski definition) is 3. The maximum atomic E-state index is 11.8. The summed E-state index contributed by atoms with van der Waals surface area (Å²) in [5.41, 5.74) is -0.181. The summed E-state index contributed by atoms with van der Waals surface area (Å²) >= 11 is 0. The third kappa shape index (κ3) is 12.6. The Kier molecular flexibility index (Phi) is 13.2. The zero-order valence-corrected chi connectivity index (χ0v) is 17.1. The molecule has 0 fully saturated rings. The number of aromatic amines is 1. The van der Waals surface area contributed by atoms with E-state index in [4.69, 9.17) is 9.63 Å². The number of carbonyl (C=O) groups excluding carboxylic acids is 2. The highest BCUT2D eigenvalue weighted by Gasteiger charge is 2.18. The standard InChI is InChI=1S/C21H34N2O6/c24-15-11-13-18(21(27)28)22-19(25)14-10-8-6-4-2-1-3-5-7-9-12-17-16-20(26)23-29-17/h15-16,18H,1-14H2,(H,22,25)(H,23,26)(H,27,28). The van der Waals surface area contributed by atoms with Gasteiger partial charge in [0, 0.05) is 25.3 Å². The minimum atomic E-state index is -1.10. The molecule has 8 nitrogen and oxygen atoms in total. The quantitative estimate of drug-likeness (QED) is 0.251. The molecule has 0 spiro atoms. The molecular weight excluding hydrogens is 376 g/mol. The Labute approximate surface area is 171 Å². The second-order valence-corrected chi connectivity index (χ2v) is 7.42. The van der Waals surface area contributed by atoms with Crippen molar-refractivity contribution in [2.24, 2.45) is 0 Å². The van der Waals surface area contributed by atoms with Crippen molar-refractivity contribution < 1.29 is 24.0 Å². The molecule has 1 atom stereocenters. The number of aliphatic carboxylic acids is 1. The first-order valence-electron chi connectivity index (χ1n) is 10.7. The summed E-state index contributed by atoms with van der Waals surface area (Å²) in [7, 11) is 0. The van der Waals surface area contributed by atoms with Crippen molar-refractivity contribution in [3.63, 3.8) is 0 Å². The molecule has 1 rings (SSSR count). The molecule has 1 aromatic heterocycles. The monoisotopic (exact) mass is 410 g/mol. The van der Waals surface area contributed by atoms with E-state index in [1.54, 1.807) is 0 Å². The van der Waals surface area contributed by atoms with Crippen LogP contribution in [0.5, 0.6) is 0 Å². The smallest absolute Gasteiger partial charge is 0.326 e. The molecular formula is C21H34N2O6. The Hall–Kier alpha value is -2.38. The van der Waals surface area contributed by atoms with Crippen LogP contribution in [-0.4, -0.2) is 34.5 Å². The number of aryl methyl sites for hydroxylation is 1. The van der Waals surface area contributed by atoms with E-state index in [0.29, 0.717) is 12.7 Å². The Morgan fingerprint density at radius 1 is 1.03 bits per heavy atom. The molecule has 0 saturated carbocycles. The number of carboxylic acid groups (broad SMARTS) is 1. The van der Waals surface area contributed by atoms with E-state index in [-0.39, 0.29) is 24.3 Å². The van der Waals surface area contributed by atoms with Gasteiger partial charge in [0.1, 0.15) is 18.1 Å². The molecule has 164 valence electrons. The van der Waals surface area contributed by atoms with Crippen LogP contribution in [0, 0.1) is 0 Å². The maximum absolute atomic E-state index is 11.8. The van der Waals surface area contributed by atoms with Crippen molar-refractivity contribution in [1.82, 2.24) is 10.5 Å². The van der Waals surface area contributed by atoms with Crippen molar-refractivity contribution in [3.05, 3.63) is 22.2 Å². The van der Waals surface area contributed by atoms with E-state index in [1.807, 2.05) is 0 Å². The third-order valence-electron chi connectivity index (χ3n) is 4.86. The summed E-state index contributed by atoms with van der Waals surface area (Å²) in [5, 5.41) is 13.8. The van der Waals surface area contributed by atoms with Crippen molar-refractivity contribution in [2.75, 3.05) is 0 Å². The number of amides is 1. The van der Waals surface area contributed by atoms with Gasteiger partial charge in [0.2, 0.25) is 5.91 Å². The summed E-state index contributed by atoms with van der Waals surface area (Å²) in [4.78, 5) is 44.1. The van der Waals surface area contributed by atoms with Crippen LogP contribution < -0.4 is 10.9 Å². The first-order valence-corrected chi connectivity index (χ1v) is 10.7. The molecule has 0 bridgehead atoms. The number of hydrogen-bond acceptors (Lipinski definition) is 5. The number of carboxylic acids is 1. The van der Waals surface area contributed by atoms with E-state index in [9.17, 15) is 19.2 Å². The van der Waals surface area contributed by atoms with Gasteiger partial charge in [-0.1, -0.05) is 51.4 Å². The molecule has 3 N–H and O–H groups in total. The van der Waals surface area contributed by atoms with Crippen LogP contribution in [0.2, 0.25) is 0 Å². The predicted molar refractivity (Wildman–Crippen MR) is 109 cm³/mol. The predicted octanol–water partition coefficient (Wildman–Crippen LogP) is 3.35. The Bertz CT molecular complexity index is 652.